The van der Waals surface area contributed by atoms with E-state index in [2.05, 4.69) is 26.8 Å². The van der Waals surface area contributed by atoms with Gasteiger partial charge in [-0.05, 0) is 24.4 Å². The highest BCUT2D eigenvalue weighted by atomic mass is 32.1. The summed E-state index contributed by atoms with van der Waals surface area (Å²) in [6.07, 6.45) is 2.58. The predicted octanol–water partition coefficient (Wildman–Crippen LogP) is 1.18. The molecule has 0 amide bonds. The molecule has 0 fully saturated rings. The zero-order valence-electron chi connectivity index (χ0n) is 9.87. The van der Waals surface area contributed by atoms with Gasteiger partial charge in [0.1, 0.15) is 6.10 Å². The van der Waals surface area contributed by atoms with E-state index < -0.39 is 6.10 Å². The first-order valence-corrected chi connectivity index (χ1v) is 6.42. The van der Waals surface area contributed by atoms with Crippen molar-refractivity contribution in [3.05, 3.63) is 22.5 Å². The second kappa shape index (κ2) is 5.33. The van der Waals surface area contributed by atoms with Gasteiger partial charge in [-0.25, -0.2) is 4.68 Å². The van der Waals surface area contributed by atoms with Crippen molar-refractivity contribution in [2.45, 2.75) is 39.3 Å². The molecule has 1 unspecified atom stereocenters. The van der Waals surface area contributed by atoms with Gasteiger partial charge < -0.3 is 5.11 Å². The minimum atomic E-state index is -0.730. The van der Waals surface area contributed by atoms with Crippen LogP contribution in [-0.4, -0.2) is 29.7 Å². The summed E-state index contributed by atoms with van der Waals surface area (Å²) < 4.78 is 5.61. The lowest BCUT2D eigenvalue weighted by Gasteiger charge is -2.10. The Hall–Kier alpha value is -1.34. The van der Waals surface area contributed by atoms with Gasteiger partial charge in [-0.2, -0.15) is 0 Å². The monoisotopic (exact) mass is 253 g/mol. The molecule has 2 aromatic rings. The van der Waals surface area contributed by atoms with E-state index in [1.54, 1.807) is 10.9 Å². The van der Waals surface area contributed by atoms with Gasteiger partial charge in [0, 0.05) is 6.54 Å². The topological polar surface area (TPSA) is 76.7 Å². The Bertz CT molecular complexity index is 481. The minimum absolute atomic E-state index is 0.701. The zero-order valence-corrected chi connectivity index (χ0v) is 10.7. The maximum absolute atomic E-state index is 10.3. The second-order valence-electron chi connectivity index (χ2n) is 3.72. The zero-order chi connectivity index (χ0) is 12.3. The summed E-state index contributed by atoms with van der Waals surface area (Å²) in [5, 5.41) is 22.1. The molecule has 0 aliphatic rings. The van der Waals surface area contributed by atoms with E-state index in [0.29, 0.717) is 5.69 Å². The third-order valence-corrected chi connectivity index (χ3v) is 3.35. The Morgan fingerprint density at radius 3 is 3.00 bits per heavy atom. The Labute approximate surface area is 103 Å². The molecule has 6 nitrogen and oxygen atoms in total. The largest absolute Gasteiger partial charge is 0.381 e. The third-order valence-electron chi connectivity index (χ3n) is 2.53. The van der Waals surface area contributed by atoms with Crippen LogP contribution >= 0.6 is 11.5 Å². The van der Waals surface area contributed by atoms with Gasteiger partial charge >= 0.3 is 0 Å². The molecule has 7 heteroatoms. The molecule has 0 radical (unpaired) electrons. The highest BCUT2D eigenvalue weighted by molar-refractivity contribution is 7.05. The van der Waals surface area contributed by atoms with Crippen molar-refractivity contribution in [3.63, 3.8) is 0 Å². The molecule has 0 aliphatic heterocycles. The Balaban J connectivity index is 2.30. The number of hydrogen-bond donors (Lipinski definition) is 1. The average Bonchev–Trinajstić information content (AvgIpc) is 2.96. The molecule has 0 bridgehead atoms. The lowest BCUT2D eigenvalue weighted by atomic mass is 10.1. The molecule has 0 aliphatic carbocycles. The van der Waals surface area contributed by atoms with E-state index in [-0.39, 0.29) is 0 Å². The van der Waals surface area contributed by atoms with Crippen LogP contribution in [0.1, 0.15) is 42.6 Å². The summed E-state index contributed by atoms with van der Waals surface area (Å²) >= 11 is 1.23. The molecule has 17 heavy (non-hydrogen) atoms. The van der Waals surface area contributed by atoms with Crippen molar-refractivity contribution < 1.29 is 5.11 Å². The van der Waals surface area contributed by atoms with Crippen molar-refractivity contribution in [3.8, 4) is 0 Å². The molecule has 0 saturated heterocycles. The molecule has 0 aromatic carbocycles. The molecule has 1 N–H and O–H groups in total. The lowest BCUT2D eigenvalue weighted by molar-refractivity contribution is 0.210. The van der Waals surface area contributed by atoms with Gasteiger partial charge in [-0.1, -0.05) is 23.5 Å². The standard InChI is InChI=1S/C10H15N5OS/c1-3-5-15-8(6-11-13-15)9(16)10-7(4-2)12-14-17-10/h6,9,16H,3-5H2,1-2H3. The summed E-state index contributed by atoms with van der Waals surface area (Å²) in [6, 6.07) is 0. The van der Waals surface area contributed by atoms with Crippen LogP contribution < -0.4 is 0 Å². The van der Waals surface area contributed by atoms with Crippen LogP contribution in [0.2, 0.25) is 0 Å². The summed E-state index contributed by atoms with van der Waals surface area (Å²) in [7, 11) is 0. The fourth-order valence-corrected chi connectivity index (χ4v) is 2.40. The summed E-state index contributed by atoms with van der Waals surface area (Å²) in [6.45, 7) is 4.80. The fourth-order valence-electron chi connectivity index (χ4n) is 1.67. The maximum atomic E-state index is 10.3. The minimum Gasteiger partial charge on any atom is -0.381 e. The first-order chi connectivity index (χ1) is 8.27. The van der Waals surface area contributed by atoms with Crippen LogP contribution in [0.4, 0.5) is 0 Å². The van der Waals surface area contributed by atoms with Gasteiger partial charge in [0.05, 0.1) is 22.5 Å². The second-order valence-corrected chi connectivity index (χ2v) is 4.51. The van der Waals surface area contributed by atoms with Crippen molar-refractivity contribution in [1.29, 1.82) is 0 Å². The van der Waals surface area contributed by atoms with Crippen molar-refractivity contribution in [2.24, 2.45) is 0 Å². The highest BCUT2D eigenvalue weighted by Gasteiger charge is 2.21. The summed E-state index contributed by atoms with van der Waals surface area (Å²) in [4.78, 5) is 0.784. The van der Waals surface area contributed by atoms with Gasteiger partial charge in [0.25, 0.3) is 0 Å². The molecular weight excluding hydrogens is 238 g/mol. The molecule has 0 saturated carbocycles. The summed E-state index contributed by atoms with van der Waals surface area (Å²) in [5.41, 5.74) is 1.54. The van der Waals surface area contributed by atoms with Crippen LogP contribution in [0.5, 0.6) is 0 Å². The third kappa shape index (κ3) is 2.34. The van der Waals surface area contributed by atoms with Crippen LogP contribution in [0.15, 0.2) is 6.20 Å². The lowest BCUT2D eigenvalue weighted by Crippen LogP contribution is -2.10. The Morgan fingerprint density at radius 2 is 2.29 bits per heavy atom. The van der Waals surface area contributed by atoms with E-state index in [9.17, 15) is 5.11 Å². The molecular formula is C10H15N5OS. The van der Waals surface area contributed by atoms with E-state index in [4.69, 9.17) is 0 Å². The van der Waals surface area contributed by atoms with Gasteiger partial charge in [0.2, 0.25) is 0 Å². The van der Waals surface area contributed by atoms with Crippen molar-refractivity contribution >= 4 is 11.5 Å². The quantitative estimate of drug-likeness (QED) is 0.866. The van der Waals surface area contributed by atoms with Crippen LogP contribution in [0.25, 0.3) is 0 Å². The number of aliphatic hydroxyl groups is 1. The first-order valence-electron chi connectivity index (χ1n) is 5.65. The molecule has 0 spiro atoms. The first kappa shape index (κ1) is 12.1. The van der Waals surface area contributed by atoms with Gasteiger partial charge in [-0.3, -0.25) is 0 Å². The normalized spacial score (nSPS) is 12.9. The number of nitrogens with zero attached hydrogens (tertiary/aromatic N) is 5. The van der Waals surface area contributed by atoms with E-state index in [1.807, 2.05) is 6.92 Å². The van der Waals surface area contributed by atoms with Crippen LogP contribution in [0.3, 0.4) is 0 Å². The Morgan fingerprint density at radius 1 is 1.47 bits per heavy atom. The Kier molecular flexibility index (Phi) is 3.80. The molecule has 1 atom stereocenters. The van der Waals surface area contributed by atoms with Crippen molar-refractivity contribution in [2.75, 3.05) is 0 Å². The van der Waals surface area contributed by atoms with Gasteiger partial charge in [-0.15, -0.1) is 10.2 Å². The van der Waals surface area contributed by atoms with E-state index in [1.165, 1.54) is 11.5 Å². The average molecular weight is 253 g/mol. The molecule has 2 heterocycles. The smallest absolute Gasteiger partial charge is 0.135 e. The van der Waals surface area contributed by atoms with Gasteiger partial charge in [0.15, 0.2) is 0 Å². The van der Waals surface area contributed by atoms with Crippen LogP contribution in [0, 0.1) is 0 Å². The molecule has 2 rings (SSSR count). The SMILES string of the molecule is CCCn1nncc1C(O)c1snnc1CC. The number of aryl methyl sites for hydroxylation is 2. The number of aromatic nitrogens is 5. The van der Waals surface area contributed by atoms with E-state index in [0.717, 1.165) is 30.0 Å². The predicted molar refractivity (Wildman–Crippen MR) is 63.7 cm³/mol. The molecule has 2 aromatic heterocycles. The van der Waals surface area contributed by atoms with Crippen LogP contribution in [-0.2, 0) is 13.0 Å². The highest BCUT2D eigenvalue weighted by Crippen LogP contribution is 2.26. The van der Waals surface area contributed by atoms with Crippen molar-refractivity contribution in [1.82, 2.24) is 24.6 Å². The number of rotatable bonds is 5. The number of hydrogen-bond acceptors (Lipinski definition) is 6. The molecule has 92 valence electrons. The van der Waals surface area contributed by atoms with E-state index >= 15 is 0 Å². The number of aliphatic hydroxyl groups excluding tert-OH is 1. The fraction of sp³-hybridized carbons (Fsp3) is 0.600. The summed E-state index contributed by atoms with van der Waals surface area (Å²) in [5.74, 6) is 0. The maximum Gasteiger partial charge on any atom is 0.135 e.